The summed E-state index contributed by atoms with van der Waals surface area (Å²) in [4.78, 5) is 38.2. The maximum absolute atomic E-state index is 11.8. The number of fused-ring (bicyclic) bond motifs is 4. The number of aryl methyl sites for hydroxylation is 2. The van der Waals surface area contributed by atoms with Crippen LogP contribution in [0.4, 0.5) is 0 Å². The first-order valence-corrected chi connectivity index (χ1v) is 52.6. The van der Waals surface area contributed by atoms with Crippen LogP contribution in [0.15, 0.2) is 435 Å². The number of carbonyl (C=O) groups excluding carboxylic acids is 2. The van der Waals surface area contributed by atoms with Crippen molar-refractivity contribution in [2.24, 2.45) is 33.5 Å². The summed E-state index contributed by atoms with van der Waals surface area (Å²) in [7, 11) is -9.43. The molecule has 0 radical (unpaired) electrons. The molecule has 14 aromatic rings. The monoisotopic (exact) mass is 1950 g/mol. The van der Waals surface area contributed by atoms with Gasteiger partial charge in [0, 0.05) is 23.7 Å². The summed E-state index contributed by atoms with van der Waals surface area (Å²) in [6, 6.07) is 120. The SMILES string of the molecule is CC1(C)C2CCC1(CS(=O)(=O)[O-])C(=O)C2.CC1(C)C2CCC1(CS(=O)(=O)[O-])C(=O)C2.Cc1ccc(OS(=O)[O-])cc1.Cc1ccc(OS(=O)[O-])cc1.Oc1ccc([S+](c2ccc(O)cc2)c2ccc(O)cc2)cc1.Oc1ccc([S+](c2ccc(O)cc2)c2ccc(O)cc2)cc1.c1ccc([S+](c2ccccc2)c2ccccc2)cc1.c1ccc([S+](c2ccccc2)c2ccccc2)cc1. The van der Waals surface area contributed by atoms with Gasteiger partial charge in [-0.3, -0.25) is 9.59 Å². The van der Waals surface area contributed by atoms with Crippen LogP contribution in [-0.4, -0.2) is 97.2 Å². The molecule has 18 rings (SSSR count). The quantitative estimate of drug-likeness (QED) is 0.0234. The van der Waals surface area contributed by atoms with E-state index in [9.17, 15) is 83.7 Å². The van der Waals surface area contributed by atoms with Gasteiger partial charge in [-0.2, -0.15) is 0 Å². The molecule has 134 heavy (non-hydrogen) atoms. The second-order valence-electron chi connectivity index (χ2n) is 33.0. The molecule has 0 aliphatic heterocycles. The van der Waals surface area contributed by atoms with Crippen LogP contribution in [0.2, 0.25) is 0 Å². The number of rotatable bonds is 20. The molecule has 0 aromatic heterocycles. The van der Waals surface area contributed by atoms with Crippen LogP contribution < -0.4 is 8.37 Å². The fourth-order valence-corrected chi connectivity index (χ4v) is 28.0. The zero-order valence-corrected chi connectivity index (χ0v) is 80.8. The summed E-state index contributed by atoms with van der Waals surface area (Å²) < 4.78 is 114. The van der Waals surface area contributed by atoms with E-state index >= 15 is 0 Å². The zero-order chi connectivity index (χ0) is 96.4. The summed E-state index contributed by atoms with van der Waals surface area (Å²) in [5.74, 6) is 1.47. The second-order valence-corrected chi connectivity index (χ2v) is 45.1. The first-order chi connectivity index (χ1) is 63.9. The van der Waals surface area contributed by atoms with Gasteiger partial charge in [0.1, 0.15) is 80.3 Å². The topological polar surface area (TPSA) is 369 Å². The van der Waals surface area contributed by atoms with E-state index in [0.29, 0.717) is 37.2 Å². The van der Waals surface area contributed by atoms with Gasteiger partial charge in [-0.1, -0.05) is 172 Å². The van der Waals surface area contributed by atoms with Crippen molar-refractivity contribution in [1.82, 2.24) is 0 Å². The van der Waals surface area contributed by atoms with Gasteiger partial charge in [0.2, 0.25) is 0 Å². The minimum absolute atomic E-state index is 0.0146. The van der Waals surface area contributed by atoms with Gasteiger partial charge in [0.05, 0.1) is 75.3 Å². The van der Waals surface area contributed by atoms with Crippen molar-refractivity contribution in [3.63, 3.8) is 0 Å². The number of ketones is 2. The van der Waals surface area contributed by atoms with Crippen molar-refractivity contribution in [3.8, 4) is 46.0 Å². The Morgan fingerprint density at radius 3 is 0.612 bits per heavy atom. The lowest BCUT2D eigenvalue weighted by atomic mass is 9.70. The lowest BCUT2D eigenvalue weighted by Crippen LogP contribution is -2.42. The predicted molar refractivity (Wildman–Crippen MR) is 524 cm³/mol. The van der Waals surface area contributed by atoms with Crippen LogP contribution in [0.25, 0.3) is 0 Å². The number of hydrogen-bond donors (Lipinski definition) is 6. The summed E-state index contributed by atoms with van der Waals surface area (Å²) in [6.45, 7) is 11.5. The summed E-state index contributed by atoms with van der Waals surface area (Å²) >= 11 is -4.95. The van der Waals surface area contributed by atoms with Crippen molar-refractivity contribution < 1.29 is 92.1 Å². The molecular formula is C106H104O20S8. The van der Waals surface area contributed by atoms with Crippen LogP contribution >= 0.6 is 0 Å². The molecule has 4 bridgehead atoms. The highest BCUT2D eigenvalue weighted by Gasteiger charge is 2.66. The van der Waals surface area contributed by atoms with E-state index in [1.54, 1.807) is 121 Å². The molecule has 0 saturated heterocycles. The van der Waals surface area contributed by atoms with E-state index in [1.165, 1.54) is 29.4 Å². The van der Waals surface area contributed by atoms with Gasteiger partial charge in [-0.25, -0.2) is 25.3 Å². The maximum atomic E-state index is 11.8. The number of hydrogen-bond acceptors (Lipinski definition) is 20. The van der Waals surface area contributed by atoms with Crippen LogP contribution in [0.1, 0.15) is 77.3 Å². The predicted octanol–water partition coefficient (Wildman–Crippen LogP) is 21.6. The average molecular weight is 1950 g/mol. The molecule has 0 amide bonds. The first kappa shape index (κ1) is 103. The minimum atomic E-state index is -4.33. The molecule has 696 valence electrons. The molecule has 6 unspecified atom stereocenters. The van der Waals surface area contributed by atoms with E-state index < -0.39 is 65.3 Å². The maximum Gasteiger partial charge on any atom is 0.166 e. The van der Waals surface area contributed by atoms with E-state index in [1.807, 2.05) is 114 Å². The molecule has 28 heteroatoms. The van der Waals surface area contributed by atoms with Crippen LogP contribution in [-0.2, 0) is 96.1 Å². The Morgan fingerprint density at radius 2 is 0.470 bits per heavy atom. The molecule has 0 heterocycles. The van der Waals surface area contributed by atoms with Crippen molar-refractivity contribution in [2.45, 2.75) is 139 Å². The standard InChI is InChI=1S/2C18H14O3S.2C18H15S.2C10H16O4S.2C7H8O3S/c2*19-13-1-7-16(8-2-13)22(17-9-3-14(20)4-10-17)18-11-5-15(21)6-12-18;2*1-4-10-16(11-5-1)19(17-12-6-2-7-13-17)18-14-8-3-9-15-18;2*1-9(2)7-3-4-10(9,8(11)5-7)6-15(12,13)14;2*1-6-2-4-7(5-3-6)10-11(8)9/h2*1-12H,(H2-,19,20,21);2*1-15H;2*7H,3-6H2,1-2H3,(H,12,13,14);2*2-5H,1H3,(H,8,9)/q;;2*+1;;;;/p-2. The second kappa shape index (κ2) is 47.4. The van der Waals surface area contributed by atoms with E-state index in [4.69, 9.17) is 0 Å². The van der Waals surface area contributed by atoms with Gasteiger partial charge in [0.25, 0.3) is 0 Å². The molecule has 4 aliphatic rings. The lowest BCUT2D eigenvalue weighted by molar-refractivity contribution is -0.128. The van der Waals surface area contributed by atoms with Crippen molar-refractivity contribution in [2.75, 3.05) is 11.5 Å². The van der Waals surface area contributed by atoms with Gasteiger partial charge < -0.3 is 57.2 Å². The highest BCUT2D eigenvalue weighted by molar-refractivity contribution is 7.98. The largest absolute Gasteiger partial charge is 0.748 e. The first-order valence-electron chi connectivity index (χ1n) is 42.6. The molecule has 4 fully saturated rings. The van der Waals surface area contributed by atoms with E-state index in [0.717, 1.165) is 53.3 Å². The Balaban J connectivity index is 0.000000149. The van der Waals surface area contributed by atoms with Crippen LogP contribution in [0.5, 0.6) is 46.0 Å². The summed E-state index contributed by atoms with van der Waals surface area (Å²) in [5, 5.41) is 56.9. The molecule has 14 aromatic carbocycles. The Kier molecular flexibility index (Phi) is 36.4. The Bertz CT molecular complexity index is 5580. The number of Topliss-reactive ketones (excluding diaryl/α,β-unsaturated/α-hetero) is 2. The molecule has 6 atom stereocenters. The van der Waals surface area contributed by atoms with E-state index in [2.05, 4.69) is 190 Å². The van der Waals surface area contributed by atoms with Gasteiger partial charge >= 0.3 is 0 Å². The Labute approximate surface area is 800 Å². The van der Waals surface area contributed by atoms with Gasteiger partial charge in [-0.15, -0.1) is 0 Å². The Morgan fingerprint density at radius 1 is 0.299 bits per heavy atom. The van der Waals surface area contributed by atoms with Gasteiger partial charge in [-0.05, 0) is 305 Å². The van der Waals surface area contributed by atoms with Crippen molar-refractivity contribution >= 4 is 98.1 Å². The molecule has 4 saturated carbocycles. The highest BCUT2D eigenvalue weighted by atomic mass is 32.2. The normalized spacial score (nSPS) is 17.2. The smallest absolute Gasteiger partial charge is 0.166 e. The highest BCUT2D eigenvalue weighted by Crippen LogP contribution is 2.65. The van der Waals surface area contributed by atoms with Gasteiger partial charge in [0.15, 0.2) is 58.7 Å². The molecule has 0 spiro atoms. The van der Waals surface area contributed by atoms with Crippen molar-refractivity contribution in [1.29, 1.82) is 0 Å². The third-order valence-electron chi connectivity index (χ3n) is 23.8. The molecule has 6 N–H and O–H groups in total. The lowest BCUT2D eigenvalue weighted by Gasteiger charge is -2.37. The van der Waals surface area contributed by atoms with Crippen LogP contribution in [0.3, 0.4) is 0 Å². The van der Waals surface area contributed by atoms with Crippen LogP contribution in [0, 0.1) is 47.3 Å². The number of phenols is 6. The number of phenolic OH excluding ortho intramolecular Hbond substituents is 6. The zero-order valence-electron chi connectivity index (χ0n) is 74.3. The fraction of sp³-hybridized carbons (Fsp3) is 0.189. The third-order valence-corrected chi connectivity index (χ3v) is 35.1. The molecule has 20 nitrogen and oxygen atoms in total. The van der Waals surface area contributed by atoms with E-state index in [-0.39, 0.29) is 112 Å². The minimum Gasteiger partial charge on any atom is -0.748 e. The number of carbonyl (C=O) groups is 2. The molecular weight excluding hydrogens is 1850 g/mol. The fourth-order valence-electron chi connectivity index (χ4n) is 16.6. The Hall–Kier alpha value is -11.7. The number of aromatic hydroxyl groups is 6. The third kappa shape index (κ3) is 28.2. The summed E-state index contributed by atoms with van der Waals surface area (Å²) in [5.41, 5.74) is -0.317. The average Bonchev–Trinajstić information content (AvgIpc) is 1.55. The number of benzene rings is 14. The summed E-state index contributed by atoms with van der Waals surface area (Å²) in [6.07, 6.45) is 3.75. The molecule has 4 aliphatic carbocycles. The van der Waals surface area contributed by atoms with Crippen molar-refractivity contribution in [3.05, 3.63) is 387 Å².